The summed E-state index contributed by atoms with van der Waals surface area (Å²) in [6, 6.07) is 12.3. The zero-order chi connectivity index (χ0) is 31.8. The van der Waals surface area contributed by atoms with Crippen molar-refractivity contribution in [3.8, 4) is 5.75 Å². The van der Waals surface area contributed by atoms with Crippen molar-refractivity contribution in [1.29, 1.82) is 0 Å². The Hall–Kier alpha value is -2.57. The second kappa shape index (κ2) is 20.5. The summed E-state index contributed by atoms with van der Waals surface area (Å²) in [4.78, 5) is 24.6. The molecule has 1 aromatic heterocycles. The first-order chi connectivity index (χ1) is 20.5. The van der Waals surface area contributed by atoms with E-state index in [1.54, 1.807) is 30.3 Å². The quantitative estimate of drug-likeness (QED) is 0.122. The first-order valence-electron chi connectivity index (χ1n) is 14.9. The van der Waals surface area contributed by atoms with Crippen molar-refractivity contribution in [3.05, 3.63) is 59.4 Å². The third kappa shape index (κ3) is 14.0. The van der Waals surface area contributed by atoms with Crippen LogP contribution in [-0.4, -0.2) is 62.9 Å². The second-order valence-electron chi connectivity index (χ2n) is 10.5. The fraction of sp³-hybridized carbons (Fsp3) is 0.500. The molecule has 0 radical (unpaired) electrons. The number of benzene rings is 2. The summed E-state index contributed by atoms with van der Waals surface area (Å²) in [5, 5.41) is 15.9. The van der Waals surface area contributed by atoms with Crippen LogP contribution in [-0.2, 0) is 16.4 Å². The van der Waals surface area contributed by atoms with E-state index in [1.165, 1.54) is 25.7 Å². The van der Waals surface area contributed by atoms with E-state index in [1.807, 2.05) is 12.1 Å². The molecule has 44 heavy (non-hydrogen) atoms. The predicted octanol–water partition coefficient (Wildman–Crippen LogP) is 2.94. The molecule has 10 nitrogen and oxygen atoms in total. The zero-order valence-electron chi connectivity index (χ0n) is 26.7. The third-order valence-corrected chi connectivity index (χ3v) is 7.31. The van der Waals surface area contributed by atoms with Gasteiger partial charge in [0.2, 0.25) is 16.2 Å². The monoisotopic (exact) mass is 640 g/mol. The maximum atomic E-state index is 13.7. The van der Waals surface area contributed by atoms with Crippen molar-refractivity contribution in [2.45, 2.75) is 72.1 Å². The van der Waals surface area contributed by atoms with Crippen LogP contribution in [0.4, 0.5) is 10.5 Å². The molecule has 0 spiro atoms. The number of anilines is 1. The Morgan fingerprint density at radius 2 is 1.50 bits per heavy atom. The van der Waals surface area contributed by atoms with Crippen molar-refractivity contribution < 1.29 is 66.9 Å². The van der Waals surface area contributed by atoms with Gasteiger partial charge in [0.25, 0.3) is 0 Å². The number of carbonyl (C=O) groups excluding carboxylic acids is 1. The molecular formula is C32H45N2NaO8S. The number of ether oxygens (including phenoxy) is 1. The van der Waals surface area contributed by atoms with Gasteiger partial charge in [-0.25, -0.2) is 8.42 Å². The van der Waals surface area contributed by atoms with Crippen molar-refractivity contribution in [2.24, 2.45) is 0 Å². The Kier molecular flexibility index (Phi) is 18.3. The minimum atomic E-state index is -3.45. The van der Waals surface area contributed by atoms with Gasteiger partial charge in [0, 0.05) is 29.6 Å². The summed E-state index contributed by atoms with van der Waals surface area (Å²) in [7, 11) is -3.45. The molecule has 0 bridgehead atoms. The van der Waals surface area contributed by atoms with E-state index in [0.29, 0.717) is 46.6 Å². The Bertz CT molecular complexity index is 1400. The molecule has 238 valence electrons. The topological polar surface area (TPSA) is 149 Å². The van der Waals surface area contributed by atoms with E-state index in [-0.39, 0.29) is 35.3 Å². The van der Waals surface area contributed by atoms with Crippen LogP contribution < -0.4 is 44.1 Å². The molecular weight excluding hydrogens is 595 g/mol. The summed E-state index contributed by atoms with van der Waals surface area (Å²) in [6.45, 7) is 10.5. The number of sulfonamides is 1. The van der Waals surface area contributed by atoms with E-state index in [0.717, 1.165) is 50.9 Å². The summed E-state index contributed by atoms with van der Waals surface area (Å²) < 4.78 is 38.0. The van der Waals surface area contributed by atoms with Gasteiger partial charge in [0.15, 0.2) is 5.78 Å². The molecule has 2 N–H and O–H groups in total. The van der Waals surface area contributed by atoms with Gasteiger partial charge in [-0.1, -0.05) is 40.0 Å². The fourth-order valence-corrected chi connectivity index (χ4v) is 5.17. The minimum absolute atomic E-state index is 0. The number of carboxylic acid groups (broad SMARTS) is 2. The number of furan rings is 1. The van der Waals surface area contributed by atoms with Crippen LogP contribution in [0.1, 0.15) is 87.4 Å². The number of aryl methyl sites for hydroxylation is 1. The second-order valence-corrected chi connectivity index (χ2v) is 12.2. The van der Waals surface area contributed by atoms with Gasteiger partial charge >= 0.3 is 29.6 Å². The smallest absolute Gasteiger partial charge is 0.565 e. The predicted molar refractivity (Wildman–Crippen MR) is 168 cm³/mol. The van der Waals surface area contributed by atoms with E-state index in [9.17, 15) is 13.2 Å². The van der Waals surface area contributed by atoms with Crippen LogP contribution in [0.25, 0.3) is 11.0 Å². The Morgan fingerprint density at radius 3 is 2.05 bits per heavy atom. The normalized spacial score (nSPS) is 11.0. The zero-order valence-corrected chi connectivity index (χ0v) is 29.5. The average Bonchev–Trinajstić information content (AvgIpc) is 3.31. The van der Waals surface area contributed by atoms with Crippen LogP contribution in [0.15, 0.2) is 46.9 Å². The van der Waals surface area contributed by atoms with E-state index >= 15 is 0 Å². The minimum Gasteiger partial charge on any atom is -0.565 e. The standard InChI is InChI=1S/C31H44N2O5S.CH2O3.Na/c1-5-8-12-29-30(27-23-25(32-39(4,35)36)15-18-28(27)38-29)31(34)24-13-16-26(17-14-24)37-22-11-21-33(19-9-6-2)20-10-7-3;2-1(3)4;/h13-18,23,32H,5-12,19-22H2,1-4H3;(H2,2,3,4);/q;;+1/p-1. The van der Waals surface area contributed by atoms with E-state index in [2.05, 4.69) is 30.4 Å². The maximum absolute atomic E-state index is 13.7. The van der Waals surface area contributed by atoms with Crippen LogP contribution in [0.3, 0.4) is 0 Å². The number of fused-ring (bicyclic) bond motifs is 1. The molecule has 3 aromatic rings. The molecule has 1 heterocycles. The fourth-order valence-electron chi connectivity index (χ4n) is 4.61. The SMILES string of the molecule is CCCCc1oc2ccc(NS(C)(=O)=O)cc2c1C(=O)c1ccc(OCCCN(CCCC)CCCC)cc1.O=C([O-])O.[Na+]. The first-order valence-corrected chi connectivity index (χ1v) is 16.8. The average molecular weight is 641 g/mol. The van der Waals surface area contributed by atoms with Gasteiger partial charge < -0.3 is 29.1 Å². The number of ketones is 1. The molecule has 0 aliphatic carbocycles. The molecule has 0 atom stereocenters. The number of nitrogens with one attached hydrogen (secondary N) is 1. The number of carbonyl (C=O) groups is 2. The number of unbranched alkanes of at least 4 members (excludes halogenated alkanes) is 3. The molecule has 0 saturated heterocycles. The van der Waals surface area contributed by atoms with Crippen LogP contribution >= 0.6 is 0 Å². The number of rotatable bonds is 18. The van der Waals surface area contributed by atoms with Crippen molar-refractivity contribution in [2.75, 3.05) is 37.2 Å². The number of hydrogen-bond acceptors (Lipinski definition) is 8. The van der Waals surface area contributed by atoms with Gasteiger partial charge in [-0.15, -0.1) is 0 Å². The largest absolute Gasteiger partial charge is 1.00 e. The molecule has 12 heteroatoms. The van der Waals surface area contributed by atoms with Gasteiger partial charge in [0.1, 0.15) is 17.1 Å². The molecule has 0 saturated carbocycles. The molecule has 0 amide bonds. The number of nitrogens with zero attached hydrogens (tertiary/aromatic N) is 1. The Labute approximate surface area is 283 Å². The van der Waals surface area contributed by atoms with Gasteiger partial charge in [-0.05, 0) is 81.2 Å². The summed E-state index contributed by atoms with van der Waals surface area (Å²) >= 11 is 0. The number of hydrogen-bond donors (Lipinski definition) is 2. The molecule has 0 aliphatic heterocycles. The van der Waals surface area contributed by atoms with Crippen molar-refractivity contribution >= 4 is 38.6 Å². The molecule has 3 rings (SSSR count). The summed E-state index contributed by atoms with van der Waals surface area (Å²) in [6.07, 6.45) is 7.32. The molecule has 0 fully saturated rings. The maximum Gasteiger partial charge on any atom is 1.00 e. The summed E-state index contributed by atoms with van der Waals surface area (Å²) in [5.74, 6) is 1.22. The van der Waals surface area contributed by atoms with Crippen molar-refractivity contribution in [3.63, 3.8) is 0 Å². The Balaban J connectivity index is 0.00000182. The van der Waals surface area contributed by atoms with Crippen LogP contribution in [0.2, 0.25) is 0 Å². The van der Waals surface area contributed by atoms with Crippen LogP contribution in [0.5, 0.6) is 5.75 Å². The summed E-state index contributed by atoms with van der Waals surface area (Å²) in [5.41, 5.74) is 1.99. The van der Waals surface area contributed by atoms with Gasteiger partial charge in [0.05, 0.1) is 18.4 Å². The van der Waals surface area contributed by atoms with E-state index in [4.69, 9.17) is 24.2 Å². The Morgan fingerprint density at radius 1 is 0.932 bits per heavy atom. The molecule has 2 aromatic carbocycles. The third-order valence-electron chi connectivity index (χ3n) is 6.71. The van der Waals surface area contributed by atoms with E-state index < -0.39 is 16.2 Å². The van der Waals surface area contributed by atoms with Crippen LogP contribution in [0, 0.1) is 0 Å². The van der Waals surface area contributed by atoms with Gasteiger partial charge in [-0.2, -0.15) is 0 Å². The molecule has 0 unspecified atom stereocenters. The van der Waals surface area contributed by atoms with Gasteiger partial charge in [-0.3, -0.25) is 9.52 Å². The van der Waals surface area contributed by atoms with Crippen molar-refractivity contribution in [1.82, 2.24) is 4.90 Å². The molecule has 0 aliphatic rings. The first kappa shape index (κ1) is 39.5.